The third kappa shape index (κ3) is 135. The summed E-state index contributed by atoms with van der Waals surface area (Å²) in [6.45, 7) is 0. The van der Waals surface area contributed by atoms with Crippen LogP contribution < -0.4 is 69.3 Å². The zero-order chi connectivity index (χ0) is 6.99. The summed E-state index contributed by atoms with van der Waals surface area (Å²) >= 11 is 0. The molecule has 0 amide bonds. The van der Waals surface area contributed by atoms with Gasteiger partial charge in [-0.25, -0.2) is 10.5 Å². The standard InChI is InChI=1S/CH2O3.2Na.H2O4/c2-1(3)4;;;1-3-4-2/h(H2,2,3,4);;;1-2H/q;2*+1;/p-2. The monoisotopic (exact) mass is 172 g/mol. The number of rotatable bonds is 1. The SMILES string of the molecule is O=C([O-])[O-].OOOO.[Na+].[Na+]. The fraction of sp³-hybridized carbons (Fsp3) is 0. The molecule has 0 aliphatic heterocycles. The zero-order valence-corrected chi connectivity index (χ0v) is 9.44. The molecule has 2 N–H and O–H groups in total. The first-order valence-corrected chi connectivity index (χ1v) is 1.14. The predicted octanol–water partition coefficient (Wildman–Crippen LogP) is -8.56. The molecule has 0 aromatic heterocycles. The van der Waals surface area contributed by atoms with Crippen LogP contribution in [0.2, 0.25) is 0 Å². The fourth-order valence-corrected chi connectivity index (χ4v) is 0. The Morgan fingerprint density at radius 3 is 1.20 bits per heavy atom. The van der Waals surface area contributed by atoms with Crippen molar-refractivity contribution in [3.05, 3.63) is 0 Å². The summed E-state index contributed by atoms with van der Waals surface area (Å²) in [5.74, 6) is 0. The van der Waals surface area contributed by atoms with Gasteiger partial charge in [-0.2, -0.15) is 0 Å². The summed E-state index contributed by atoms with van der Waals surface area (Å²) in [4.78, 5) is 8.33. The molecule has 0 saturated heterocycles. The van der Waals surface area contributed by atoms with Crippen LogP contribution in [0.5, 0.6) is 0 Å². The van der Waals surface area contributed by atoms with E-state index in [4.69, 9.17) is 25.5 Å². The topological polar surface area (TPSA) is 122 Å². The average molecular weight is 172 g/mol. The summed E-state index contributed by atoms with van der Waals surface area (Å²) in [7, 11) is 0. The molecule has 9 heteroatoms. The van der Waals surface area contributed by atoms with Gasteiger partial charge in [-0.3, -0.25) is 0 Å². The van der Waals surface area contributed by atoms with Crippen molar-refractivity contribution in [2.75, 3.05) is 0 Å². The Balaban J connectivity index is -0.0000000300. The zero-order valence-electron chi connectivity index (χ0n) is 5.44. The van der Waals surface area contributed by atoms with Crippen LogP contribution in [-0.2, 0) is 10.1 Å². The summed E-state index contributed by atoms with van der Waals surface area (Å²) in [5, 5.41) is 35.7. The Hall–Kier alpha value is 1.11. The van der Waals surface area contributed by atoms with Gasteiger partial charge in [-0.15, -0.1) is 0 Å². The molecule has 0 aliphatic carbocycles. The van der Waals surface area contributed by atoms with Gasteiger partial charge in [0.15, 0.2) is 0 Å². The maximum atomic E-state index is 8.33. The first-order valence-electron chi connectivity index (χ1n) is 1.14. The van der Waals surface area contributed by atoms with Crippen molar-refractivity contribution in [1.29, 1.82) is 0 Å². The Kier molecular flexibility index (Phi) is 50.5. The minimum absolute atomic E-state index is 0. The molecule has 0 aromatic rings. The molecule has 0 aromatic carbocycles. The summed E-state index contributed by atoms with van der Waals surface area (Å²) < 4.78 is 0. The Morgan fingerprint density at radius 1 is 1.10 bits per heavy atom. The Labute approximate surface area is 99.9 Å². The largest absolute Gasteiger partial charge is 1.00 e. The molecule has 0 rings (SSSR count). The average Bonchev–Trinajstić information content (AvgIpc) is 1.65. The molecule has 0 heterocycles. The van der Waals surface area contributed by atoms with E-state index >= 15 is 0 Å². The summed E-state index contributed by atoms with van der Waals surface area (Å²) in [5.41, 5.74) is 0. The van der Waals surface area contributed by atoms with E-state index in [1.807, 2.05) is 0 Å². The minimum Gasteiger partial charge on any atom is -0.652 e. The van der Waals surface area contributed by atoms with Gasteiger partial charge in [0.2, 0.25) is 0 Å². The van der Waals surface area contributed by atoms with E-state index in [9.17, 15) is 0 Å². The molecule has 50 valence electrons. The molecule has 7 nitrogen and oxygen atoms in total. The second-order valence-electron chi connectivity index (χ2n) is 0.399. The van der Waals surface area contributed by atoms with E-state index in [0.717, 1.165) is 0 Å². The van der Waals surface area contributed by atoms with Gasteiger partial charge in [0, 0.05) is 0 Å². The maximum absolute atomic E-state index is 8.33. The van der Waals surface area contributed by atoms with E-state index in [1.165, 1.54) is 0 Å². The van der Waals surface area contributed by atoms with Crippen LogP contribution in [0.4, 0.5) is 4.79 Å². The van der Waals surface area contributed by atoms with Crippen molar-refractivity contribution >= 4 is 6.16 Å². The molecule has 10 heavy (non-hydrogen) atoms. The summed E-state index contributed by atoms with van der Waals surface area (Å²) in [6, 6.07) is 0. The van der Waals surface area contributed by atoms with E-state index in [0.29, 0.717) is 0 Å². The molecule has 0 spiro atoms. The van der Waals surface area contributed by atoms with E-state index in [1.54, 1.807) is 0 Å². The molecule has 0 unspecified atom stereocenters. The van der Waals surface area contributed by atoms with Crippen molar-refractivity contribution in [3.63, 3.8) is 0 Å². The molecular weight excluding hydrogens is 170 g/mol. The van der Waals surface area contributed by atoms with E-state index in [2.05, 4.69) is 10.1 Å². The molecular formula is CH2Na2O7. The van der Waals surface area contributed by atoms with E-state index < -0.39 is 6.16 Å². The first-order chi connectivity index (χ1) is 3.65. The van der Waals surface area contributed by atoms with E-state index in [-0.39, 0.29) is 59.1 Å². The molecule has 0 radical (unpaired) electrons. The molecule has 0 atom stereocenters. The minimum atomic E-state index is -2.33. The van der Waals surface area contributed by atoms with Crippen LogP contribution in [0.3, 0.4) is 0 Å². The van der Waals surface area contributed by atoms with Gasteiger partial charge in [0.25, 0.3) is 0 Å². The van der Waals surface area contributed by atoms with Gasteiger partial charge in [0.05, 0.1) is 0 Å². The van der Waals surface area contributed by atoms with Crippen LogP contribution in [0.15, 0.2) is 0 Å². The van der Waals surface area contributed by atoms with Crippen LogP contribution in [0.1, 0.15) is 0 Å². The van der Waals surface area contributed by atoms with Crippen LogP contribution >= 0.6 is 0 Å². The van der Waals surface area contributed by atoms with Gasteiger partial charge >= 0.3 is 59.1 Å². The summed E-state index contributed by atoms with van der Waals surface area (Å²) in [6.07, 6.45) is -2.33. The second kappa shape index (κ2) is 22.5. The Morgan fingerprint density at radius 2 is 1.20 bits per heavy atom. The quantitative estimate of drug-likeness (QED) is 0.228. The number of carbonyl (C=O) groups excluding carboxylic acids is 1. The third-order valence-corrected chi connectivity index (χ3v) is 0.0333. The van der Waals surface area contributed by atoms with Gasteiger partial charge in [0.1, 0.15) is 0 Å². The number of carboxylic acid groups (broad SMARTS) is 2. The first kappa shape index (κ1) is 22.5. The van der Waals surface area contributed by atoms with Crippen molar-refractivity contribution in [1.82, 2.24) is 0 Å². The number of hydrogen-bond acceptors (Lipinski definition) is 7. The van der Waals surface area contributed by atoms with Crippen molar-refractivity contribution < 1.29 is 94.7 Å². The van der Waals surface area contributed by atoms with Crippen molar-refractivity contribution in [3.8, 4) is 0 Å². The van der Waals surface area contributed by atoms with Crippen LogP contribution in [-0.4, -0.2) is 16.7 Å². The second-order valence-corrected chi connectivity index (χ2v) is 0.399. The number of carbonyl (C=O) groups is 1. The van der Waals surface area contributed by atoms with Gasteiger partial charge < -0.3 is 15.0 Å². The maximum Gasteiger partial charge on any atom is 1.00 e. The van der Waals surface area contributed by atoms with Gasteiger partial charge in [-0.1, -0.05) is 0 Å². The predicted molar refractivity (Wildman–Crippen MR) is 12.8 cm³/mol. The van der Waals surface area contributed by atoms with Crippen molar-refractivity contribution in [2.24, 2.45) is 0 Å². The third-order valence-electron chi connectivity index (χ3n) is 0.0333. The van der Waals surface area contributed by atoms with Crippen LogP contribution in [0.25, 0.3) is 0 Å². The molecule has 0 aliphatic rings. The normalized spacial score (nSPS) is 5.40. The smallest absolute Gasteiger partial charge is 0.652 e. The molecule has 0 bridgehead atoms. The van der Waals surface area contributed by atoms with Crippen molar-refractivity contribution in [2.45, 2.75) is 0 Å². The Bertz CT molecular complexity index is 49.6. The van der Waals surface area contributed by atoms with Gasteiger partial charge in [-0.05, 0) is 16.2 Å². The molecule has 0 fully saturated rings. The fourth-order valence-electron chi connectivity index (χ4n) is 0. The number of hydrogen-bond donors (Lipinski definition) is 2. The van der Waals surface area contributed by atoms with Crippen LogP contribution in [0, 0.1) is 0 Å². The molecule has 0 saturated carbocycles.